The van der Waals surface area contributed by atoms with E-state index in [0.29, 0.717) is 23.1 Å². The Morgan fingerprint density at radius 1 is 1.29 bits per heavy atom. The predicted octanol–water partition coefficient (Wildman–Crippen LogP) is 1.66. The number of nitrogens with zero attached hydrogens (tertiary/aromatic N) is 3. The number of hydrogen-bond acceptors (Lipinski definition) is 5. The van der Waals surface area contributed by atoms with E-state index in [2.05, 4.69) is 15.0 Å². The molecule has 2 rings (SSSR count). The van der Waals surface area contributed by atoms with Crippen LogP contribution < -0.4 is 10.5 Å². The van der Waals surface area contributed by atoms with Crippen LogP contribution in [0.4, 0.5) is 0 Å². The molecule has 5 nitrogen and oxygen atoms in total. The molecule has 0 saturated carbocycles. The smallest absolute Gasteiger partial charge is 0.163 e. The molecular formula is C11H11ClN4O. The molecular weight excluding hydrogens is 240 g/mol. The molecule has 0 spiro atoms. The predicted molar refractivity (Wildman–Crippen MR) is 64.7 cm³/mol. The topological polar surface area (TPSA) is 73.9 Å². The number of nitrogens with two attached hydrogens (primary N) is 1. The average molecular weight is 251 g/mol. The first kappa shape index (κ1) is 11.8. The summed E-state index contributed by atoms with van der Waals surface area (Å²) in [6.07, 6.45) is 2.85. The van der Waals surface area contributed by atoms with E-state index in [1.807, 2.05) is 6.07 Å². The van der Waals surface area contributed by atoms with Crippen LogP contribution in [0.3, 0.4) is 0 Å². The molecule has 0 atom stereocenters. The zero-order valence-corrected chi connectivity index (χ0v) is 9.98. The van der Waals surface area contributed by atoms with Gasteiger partial charge in [0.1, 0.15) is 18.4 Å². The molecule has 0 aliphatic carbocycles. The number of ether oxygens (including phenoxy) is 1. The van der Waals surface area contributed by atoms with Crippen molar-refractivity contribution < 1.29 is 4.74 Å². The lowest BCUT2D eigenvalue weighted by atomic mass is 10.1. The monoisotopic (exact) mass is 250 g/mol. The second-order valence-electron chi connectivity index (χ2n) is 3.30. The van der Waals surface area contributed by atoms with Crippen molar-refractivity contribution in [2.75, 3.05) is 7.11 Å². The first-order valence-electron chi connectivity index (χ1n) is 4.95. The largest absolute Gasteiger partial charge is 0.497 e. The second kappa shape index (κ2) is 5.07. The molecule has 0 saturated heterocycles. The molecule has 1 aromatic heterocycles. The Morgan fingerprint density at radius 2 is 2.00 bits per heavy atom. The van der Waals surface area contributed by atoms with Crippen molar-refractivity contribution in [1.82, 2.24) is 15.0 Å². The van der Waals surface area contributed by atoms with Crippen molar-refractivity contribution >= 4 is 11.6 Å². The Hall–Kier alpha value is -1.72. The Bertz CT molecular complexity index is 518. The summed E-state index contributed by atoms with van der Waals surface area (Å²) in [5.41, 5.74) is 7.24. The molecule has 0 bridgehead atoms. The van der Waals surface area contributed by atoms with Crippen molar-refractivity contribution in [3.63, 3.8) is 0 Å². The molecule has 6 heteroatoms. The van der Waals surface area contributed by atoms with Crippen molar-refractivity contribution in [2.24, 2.45) is 5.73 Å². The highest BCUT2D eigenvalue weighted by Crippen LogP contribution is 2.31. The van der Waals surface area contributed by atoms with Gasteiger partial charge in [0.05, 0.1) is 7.11 Å². The molecule has 0 aliphatic rings. The van der Waals surface area contributed by atoms with Crippen LogP contribution in [-0.2, 0) is 6.54 Å². The highest BCUT2D eigenvalue weighted by atomic mass is 35.5. The van der Waals surface area contributed by atoms with Crippen LogP contribution in [0.25, 0.3) is 11.4 Å². The van der Waals surface area contributed by atoms with Crippen molar-refractivity contribution in [3.8, 4) is 17.1 Å². The first-order valence-corrected chi connectivity index (χ1v) is 5.33. The van der Waals surface area contributed by atoms with Crippen molar-refractivity contribution in [2.45, 2.75) is 6.54 Å². The Labute approximate surface area is 104 Å². The summed E-state index contributed by atoms with van der Waals surface area (Å²) >= 11 is 6.13. The molecule has 88 valence electrons. The Morgan fingerprint density at radius 3 is 2.59 bits per heavy atom. The fourth-order valence-electron chi connectivity index (χ4n) is 1.51. The molecule has 0 radical (unpaired) electrons. The van der Waals surface area contributed by atoms with Gasteiger partial charge in [-0.2, -0.15) is 0 Å². The third-order valence-corrected chi connectivity index (χ3v) is 2.68. The molecule has 0 aliphatic heterocycles. The average Bonchev–Trinajstić information content (AvgIpc) is 2.38. The fraction of sp³-hybridized carbons (Fsp3) is 0.182. The summed E-state index contributed by atoms with van der Waals surface area (Å²) < 4.78 is 5.16. The van der Waals surface area contributed by atoms with Gasteiger partial charge in [-0.3, -0.25) is 0 Å². The highest BCUT2D eigenvalue weighted by Gasteiger charge is 2.12. The number of benzene rings is 1. The van der Waals surface area contributed by atoms with E-state index in [4.69, 9.17) is 22.1 Å². The zero-order valence-electron chi connectivity index (χ0n) is 9.22. The van der Waals surface area contributed by atoms with Crippen LogP contribution in [0.1, 0.15) is 5.56 Å². The molecule has 0 fully saturated rings. The van der Waals surface area contributed by atoms with Gasteiger partial charge >= 0.3 is 0 Å². The Balaban J connectivity index is 2.62. The van der Waals surface area contributed by atoms with Gasteiger partial charge < -0.3 is 10.5 Å². The van der Waals surface area contributed by atoms with Gasteiger partial charge in [0.25, 0.3) is 0 Å². The van der Waals surface area contributed by atoms with E-state index in [1.54, 1.807) is 13.2 Å². The SMILES string of the molecule is COc1cc(Cl)c(CN)c(-c2ncncn2)c1. The summed E-state index contributed by atoms with van der Waals surface area (Å²) in [6, 6.07) is 3.53. The third-order valence-electron chi connectivity index (χ3n) is 2.34. The van der Waals surface area contributed by atoms with Crippen LogP contribution in [-0.4, -0.2) is 22.1 Å². The number of rotatable bonds is 3. The minimum Gasteiger partial charge on any atom is -0.497 e. The van der Waals surface area contributed by atoms with Crippen LogP contribution in [0.5, 0.6) is 5.75 Å². The van der Waals surface area contributed by atoms with E-state index in [0.717, 1.165) is 11.1 Å². The fourth-order valence-corrected chi connectivity index (χ4v) is 1.80. The molecule has 1 aromatic carbocycles. The third kappa shape index (κ3) is 2.35. The van der Waals surface area contributed by atoms with Crippen LogP contribution >= 0.6 is 11.6 Å². The Kier molecular flexibility index (Phi) is 3.51. The quantitative estimate of drug-likeness (QED) is 0.897. The molecule has 0 amide bonds. The van der Waals surface area contributed by atoms with Gasteiger partial charge in [-0.1, -0.05) is 11.6 Å². The second-order valence-corrected chi connectivity index (χ2v) is 3.71. The highest BCUT2D eigenvalue weighted by molar-refractivity contribution is 6.32. The van der Waals surface area contributed by atoms with Crippen LogP contribution in [0.15, 0.2) is 24.8 Å². The summed E-state index contributed by atoms with van der Waals surface area (Å²) in [7, 11) is 1.57. The van der Waals surface area contributed by atoms with E-state index >= 15 is 0 Å². The van der Waals surface area contributed by atoms with Crippen LogP contribution in [0, 0.1) is 0 Å². The minimum absolute atomic E-state index is 0.309. The number of halogens is 1. The molecule has 2 N–H and O–H groups in total. The van der Waals surface area contributed by atoms with Gasteiger partial charge in [0.15, 0.2) is 5.82 Å². The maximum absolute atomic E-state index is 6.13. The van der Waals surface area contributed by atoms with E-state index in [9.17, 15) is 0 Å². The molecule has 2 aromatic rings. The van der Waals surface area contributed by atoms with E-state index in [1.165, 1.54) is 12.7 Å². The normalized spacial score (nSPS) is 10.3. The number of hydrogen-bond donors (Lipinski definition) is 1. The standard InChI is InChI=1S/C11H11ClN4O/c1-17-7-2-8(9(4-13)10(12)3-7)11-15-5-14-6-16-11/h2-3,5-6H,4,13H2,1H3. The minimum atomic E-state index is 0.309. The summed E-state index contributed by atoms with van der Waals surface area (Å²) in [4.78, 5) is 11.9. The maximum atomic E-state index is 6.13. The van der Waals surface area contributed by atoms with Gasteiger partial charge in [-0.15, -0.1) is 0 Å². The van der Waals surface area contributed by atoms with E-state index in [-0.39, 0.29) is 0 Å². The zero-order chi connectivity index (χ0) is 12.3. The maximum Gasteiger partial charge on any atom is 0.163 e. The molecule has 1 heterocycles. The van der Waals surface area contributed by atoms with E-state index < -0.39 is 0 Å². The lowest BCUT2D eigenvalue weighted by molar-refractivity contribution is 0.415. The van der Waals surface area contributed by atoms with Crippen LogP contribution in [0.2, 0.25) is 5.02 Å². The number of aromatic nitrogens is 3. The van der Waals surface area contributed by atoms with Gasteiger partial charge in [-0.05, 0) is 17.7 Å². The van der Waals surface area contributed by atoms with Gasteiger partial charge in [0, 0.05) is 17.1 Å². The van der Waals surface area contributed by atoms with Gasteiger partial charge in [0.2, 0.25) is 0 Å². The summed E-state index contributed by atoms with van der Waals surface area (Å²) in [5, 5.41) is 0.544. The molecule has 0 unspecified atom stereocenters. The first-order chi connectivity index (χ1) is 8.26. The van der Waals surface area contributed by atoms with Crippen molar-refractivity contribution in [3.05, 3.63) is 35.4 Å². The molecule has 17 heavy (non-hydrogen) atoms. The number of methoxy groups -OCH3 is 1. The lowest BCUT2D eigenvalue weighted by Crippen LogP contribution is -2.03. The van der Waals surface area contributed by atoms with Gasteiger partial charge in [-0.25, -0.2) is 15.0 Å². The summed E-state index contributed by atoms with van der Waals surface area (Å²) in [5.74, 6) is 1.17. The summed E-state index contributed by atoms with van der Waals surface area (Å²) in [6.45, 7) is 0.309. The lowest BCUT2D eigenvalue weighted by Gasteiger charge is -2.10. The van der Waals surface area contributed by atoms with Crippen molar-refractivity contribution in [1.29, 1.82) is 0 Å².